The lowest BCUT2D eigenvalue weighted by Gasteiger charge is -2.15. The number of hydrogen-bond acceptors (Lipinski definition) is 4. The fraction of sp³-hybridized carbons (Fsp3) is 0.263. The molecule has 0 radical (unpaired) electrons. The van der Waals surface area contributed by atoms with Crippen LogP contribution in [0.25, 0.3) is 10.9 Å². The molecule has 0 aliphatic carbocycles. The first-order valence-electron chi connectivity index (χ1n) is 8.07. The molecule has 0 bridgehead atoms. The van der Waals surface area contributed by atoms with Crippen LogP contribution in [0.1, 0.15) is 11.1 Å². The van der Waals surface area contributed by atoms with Gasteiger partial charge in [-0.25, -0.2) is 4.98 Å². The van der Waals surface area contributed by atoms with E-state index in [4.69, 9.17) is 27.9 Å². The number of aliphatic hydroxyl groups is 1. The van der Waals surface area contributed by atoms with Gasteiger partial charge in [-0.05, 0) is 43.2 Å². The second kappa shape index (κ2) is 7.66. The predicted molar refractivity (Wildman–Crippen MR) is 103 cm³/mol. The minimum absolute atomic E-state index is 0.0524. The number of ether oxygens (including phenoxy) is 1. The number of nitrogens with zero attached hydrogens (tertiary/aromatic N) is 2. The topological polar surface area (TPSA) is 64.3 Å². The monoisotopic (exact) mass is 392 g/mol. The molecule has 1 atom stereocenters. The number of halogens is 2. The minimum atomic E-state index is -0.874. The van der Waals surface area contributed by atoms with Crippen LogP contribution in [0, 0.1) is 13.8 Å². The van der Waals surface area contributed by atoms with Gasteiger partial charge in [-0.1, -0.05) is 35.3 Å². The van der Waals surface area contributed by atoms with Crippen LogP contribution >= 0.6 is 23.2 Å². The highest BCUT2D eigenvalue weighted by Crippen LogP contribution is 2.24. The Kier molecular flexibility index (Phi) is 5.51. The number of aryl methyl sites for hydroxylation is 2. The van der Waals surface area contributed by atoms with Gasteiger partial charge in [0.2, 0.25) is 0 Å². The first-order chi connectivity index (χ1) is 12.3. The zero-order valence-electron chi connectivity index (χ0n) is 14.4. The Morgan fingerprint density at radius 1 is 1.23 bits per heavy atom. The molecule has 26 heavy (non-hydrogen) atoms. The van der Waals surface area contributed by atoms with Crippen LogP contribution in [0.4, 0.5) is 0 Å². The number of aromatic nitrogens is 2. The summed E-state index contributed by atoms with van der Waals surface area (Å²) in [6.07, 6.45) is 0.493. The maximum absolute atomic E-state index is 12.6. The van der Waals surface area contributed by atoms with E-state index in [0.29, 0.717) is 26.7 Å². The SMILES string of the molecule is Cc1ccc(C)c(OCC(O)Cn2cnc3c(Cl)cc(Cl)cc3c2=O)c1. The number of hydrogen-bond donors (Lipinski definition) is 1. The van der Waals surface area contributed by atoms with E-state index in [-0.39, 0.29) is 18.7 Å². The van der Waals surface area contributed by atoms with Crippen molar-refractivity contribution >= 4 is 34.1 Å². The lowest BCUT2D eigenvalue weighted by Crippen LogP contribution is -2.30. The van der Waals surface area contributed by atoms with E-state index < -0.39 is 6.10 Å². The van der Waals surface area contributed by atoms with Crippen LogP contribution < -0.4 is 10.3 Å². The molecule has 1 aromatic heterocycles. The molecule has 0 spiro atoms. The van der Waals surface area contributed by atoms with Gasteiger partial charge in [-0.2, -0.15) is 0 Å². The lowest BCUT2D eigenvalue weighted by atomic mass is 10.1. The number of benzene rings is 2. The summed E-state index contributed by atoms with van der Waals surface area (Å²) < 4.78 is 7.01. The molecule has 0 aliphatic heterocycles. The highest BCUT2D eigenvalue weighted by Gasteiger charge is 2.13. The fourth-order valence-electron chi connectivity index (χ4n) is 2.65. The summed E-state index contributed by atoms with van der Waals surface area (Å²) in [4.78, 5) is 16.8. The average molecular weight is 393 g/mol. The van der Waals surface area contributed by atoms with E-state index >= 15 is 0 Å². The first kappa shape index (κ1) is 18.7. The summed E-state index contributed by atoms with van der Waals surface area (Å²) in [7, 11) is 0. The van der Waals surface area contributed by atoms with E-state index in [1.165, 1.54) is 23.0 Å². The third-order valence-corrected chi connectivity index (χ3v) is 4.53. The smallest absolute Gasteiger partial charge is 0.261 e. The summed E-state index contributed by atoms with van der Waals surface area (Å²) in [6, 6.07) is 8.93. The van der Waals surface area contributed by atoms with Crippen molar-refractivity contribution in [3.05, 3.63) is 68.2 Å². The van der Waals surface area contributed by atoms with Crippen LogP contribution in [0.15, 0.2) is 41.5 Å². The Hall–Kier alpha value is -2.08. The molecule has 0 amide bonds. The molecule has 3 aromatic rings. The lowest BCUT2D eigenvalue weighted by molar-refractivity contribution is 0.0911. The first-order valence-corrected chi connectivity index (χ1v) is 8.83. The van der Waals surface area contributed by atoms with Crippen LogP contribution in [0.3, 0.4) is 0 Å². The Morgan fingerprint density at radius 3 is 2.77 bits per heavy atom. The largest absolute Gasteiger partial charge is 0.491 e. The summed E-state index contributed by atoms with van der Waals surface area (Å²) >= 11 is 12.0. The van der Waals surface area contributed by atoms with Gasteiger partial charge in [0, 0.05) is 5.02 Å². The second-order valence-electron chi connectivity index (χ2n) is 6.22. The third kappa shape index (κ3) is 4.01. The molecule has 3 rings (SSSR count). The maximum atomic E-state index is 12.6. The molecule has 1 unspecified atom stereocenters. The van der Waals surface area contributed by atoms with Crippen LogP contribution in [0.2, 0.25) is 10.0 Å². The highest BCUT2D eigenvalue weighted by atomic mass is 35.5. The summed E-state index contributed by atoms with van der Waals surface area (Å²) in [5, 5.41) is 11.3. The number of rotatable bonds is 5. The summed E-state index contributed by atoms with van der Waals surface area (Å²) in [6.45, 7) is 4.02. The van der Waals surface area contributed by atoms with Crippen molar-refractivity contribution in [3.8, 4) is 5.75 Å². The Labute approximate surface area is 160 Å². The zero-order chi connectivity index (χ0) is 18.8. The molecule has 7 heteroatoms. The number of fused-ring (bicyclic) bond motifs is 1. The van der Waals surface area contributed by atoms with Gasteiger partial charge < -0.3 is 9.84 Å². The Balaban J connectivity index is 1.77. The average Bonchev–Trinajstić information content (AvgIpc) is 2.58. The van der Waals surface area contributed by atoms with Gasteiger partial charge in [-0.15, -0.1) is 0 Å². The van der Waals surface area contributed by atoms with E-state index in [9.17, 15) is 9.90 Å². The van der Waals surface area contributed by atoms with Crippen molar-refractivity contribution in [1.29, 1.82) is 0 Å². The van der Waals surface area contributed by atoms with Gasteiger partial charge >= 0.3 is 0 Å². The van der Waals surface area contributed by atoms with Crippen molar-refractivity contribution in [2.75, 3.05) is 6.61 Å². The van der Waals surface area contributed by atoms with Crippen molar-refractivity contribution < 1.29 is 9.84 Å². The molecule has 1 heterocycles. The van der Waals surface area contributed by atoms with Gasteiger partial charge in [0.05, 0.1) is 28.8 Å². The van der Waals surface area contributed by atoms with Gasteiger partial charge in [0.1, 0.15) is 18.5 Å². The predicted octanol–water partition coefficient (Wildman–Crippen LogP) is 3.76. The van der Waals surface area contributed by atoms with Crippen LogP contribution in [-0.2, 0) is 6.54 Å². The Morgan fingerprint density at radius 2 is 2.00 bits per heavy atom. The highest BCUT2D eigenvalue weighted by molar-refractivity contribution is 6.38. The van der Waals surface area contributed by atoms with Crippen LogP contribution in [0.5, 0.6) is 5.75 Å². The van der Waals surface area contributed by atoms with E-state index in [0.717, 1.165) is 11.1 Å². The minimum Gasteiger partial charge on any atom is -0.491 e. The van der Waals surface area contributed by atoms with E-state index in [1.54, 1.807) is 0 Å². The van der Waals surface area contributed by atoms with Crippen molar-refractivity contribution in [1.82, 2.24) is 9.55 Å². The molecular weight excluding hydrogens is 375 g/mol. The second-order valence-corrected chi connectivity index (χ2v) is 7.06. The molecule has 0 aliphatic rings. The van der Waals surface area contributed by atoms with Crippen molar-refractivity contribution in [3.63, 3.8) is 0 Å². The quantitative estimate of drug-likeness (QED) is 0.717. The molecule has 5 nitrogen and oxygen atoms in total. The molecular formula is C19H18Cl2N2O3. The summed E-state index contributed by atoms with van der Waals surface area (Å²) in [5.74, 6) is 0.714. The zero-order valence-corrected chi connectivity index (χ0v) is 15.9. The standard InChI is InChI=1S/C19H18Cl2N2O3/c1-11-3-4-12(2)17(5-11)26-9-14(24)8-23-10-22-18-15(19(23)25)6-13(20)7-16(18)21/h3-7,10,14,24H,8-9H2,1-2H3. The molecule has 136 valence electrons. The van der Waals surface area contributed by atoms with Gasteiger partial charge in [-0.3, -0.25) is 9.36 Å². The molecule has 2 aromatic carbocycles. The summed E-state index contributed by atoms with van der Waals surface area (Å²) in [5.41, 5.74) is 2.13. The fourth-order valence-corrected chi connectivity index (χ4v) is 3.20. The Bertz CT molecular complexity index is 1020. The molecule has 0 saturated heterocycles. The number of aliphatic hydroxyl groups excluding tert-OH is 1. The maximum Gasteiger partial charge on any atom is 0.261 e. The van der Waals surface area contributed by atoms with Gasteiger partial charge in [0.25, 0.3) is 5.56 Å². The van der Waals surface area contributed by atoms with E-state index in [2.05, 4.69) is 4.98 Å². The van der Waals surface area contributed by atoms with Crippen molar-refractivity contribution in [2.24, 2.45) is 0 Å². The van der Waals surface area contributed by atoms with Crippen LogP contribution in [-0.4, -0.2) is 27.4 Å². The van der Waals surface area contributed by atoms with Gasteiger partial charge in [0.15, 0.2) is 0 Å². The third-order valence-electron chi connectivity index (χ3n) is 4.03. The molecule has 0 saturated carbocycles. The molecule has 1 N–H and O–H groups in total. The van der Waals surface area contributed by atoms with E-state index in [1.807, 2.05) is 32.0 Å². The molecule has 0 fully saturated rings. The van der Waals surface area contributed by atoms with Crippen molar-refractivity contribution in [2.45, 2.75) is 26.5 Å². The normalized spacial score (nSPS) is 12.3.